The molecule has 1 aliphatic carbocycles. The molecule has 1 aliphatic rings. The van der Waals surface area contributed by atoms with Crippen molar-refractivity contribution in [1.82, 2.24) is 5.32 Å². The lowest BCUT2D eigenvalue weighted by molar-refractivity contribution is -0.140. The molecule has 0 aliphatic heterocycles. The van der Waals surface area contributed by atoms with Gasteiger partial charge in [-0.2, -0.15) is 0 Å². The number of carbonyl (C=O) groups excluding carboxylic acids is 1. The van der Waals surface area contributed by atoms with E-state index in [1.807, 2.05) is 18.2 Å². The predicted molar refractivity (Wildman–Crippen MR) is 73.5 cm³/mol. The summed E-state index contributed by atoms with van der Waals surface area (Å²) in [6.07, 6.45) is 3.98. The minimum atomic E-state index is -0.859. The maximum atomic E-state index is 12.0. The average molecular weight is 275 g/mol. The Kier molecular flexibility index (Phi) is 4.40. The van der Waals surface area contributed by atoms with Crippen molar-refractivity contribution >= 4 is 11.9 Å². The summed E-state index contributed by atoms with van der Waals surface area (Å²) in [5.74, 6) is -0.836. The van der Waals surface area contributed by atoms with Crippen molar-refractivity contribution in [2.45, 2.75) is 18.9 Å². The van der Waals surface area contributed by atoms with Crippen LogP contribution in [0.15, 0.2) is 36.4 Å². The van der Waals surface area contributed by atoms with Crippen LogP contribution in [0.4, 0.5) is 0 Å². The molecule has 0 saturated carbocycles. The molecule has 0 heterocycles. The van der Waals surface area contributed by atoms with E-state index in [4.69, 9.17) is 9.84 Å². The first-order valence-corrected chi connectivity index (χ1v) is 6.42. The first kappa shape index (κ1) is 14.1. The second-order valence-electron chi connectivity index (χ2n) is 4.73. The van der Waals surface area contributed by atoms with Crippen molar-refractivity contribution in [1.29, 1.82) is 0 Å². The number of aliphatic carboxylic acids is 1. The number of benzene rings is 1. The molecular formula is C15H17NO4. The molecule has 0 saturated heterocycles. The molecule has 1 aromatic carbocycles. The largest absolute Gasteiger partial charge is 0.496 e. The molecule has 0 radical (unpaired) electrons. The number of nitrogens with one attached hydrogen (secondary N) is 1. The summed E-state index contributed by atoms with van der Waals surface area (Å²) in [6, 6.07) is 7.12. The van der Waals surface area contributed by atoms with Crippen LogP contribution < -0.4 is 10.1 Å². The summed E-state index contributed by atoms with van der Waals surface area (Å²) in [5, 5.41) is 11.7. The van der Waals surface area contributed by atoms with Crippen LogP contribution in [0.3, 0.4) is 0 Å². The second-order valence-corrected chi connectivity index (χ2v) is 4.73. The van der Waals surface area contributed by atoms with Gasteiger partial charge in [0, 0.05) is 11.6 Å². The maximum absolute atomic E-state index is 12.0. The van der Waals surface area contributed by atoms with E-state index >= 15 is 0 Å². The van der Waals surface area contributed by atoms with Gasteiger partial charge in [0.1, 0.15) is 5.75 Å². The van der Waals surface area contributed by atoms with Crippen molar-refractivity contribution in [3.05, 3.63) is 42.0 Å². The van der Waals surface area contributed by atoms with Gasteiger partial charge in [-0.1, -0.05) is 30.4 Å². The number of hydrogen-bond acceptors (Lipinski definition) is 3. The topological polar surface area (TPSA) is 75.6 Å². The van der Waals surface area contributed by atoms with Gasteiger partial charge in [-0.05, 0) is 12.5 Å². The van der Waals surface area contributed by atoms with Crippen molar-refractivity contribution in [3.8, 4) is 5.75 Å². The fourth-order valence-electron chi connectivity index (χ4n) is 2.27. The number of rotatable bonds is 5. The van der Waals surface area contributed by atoms with Crippen LogP contribution in [0.1, 0.15) is 12.0 Å². The molecule has 5 nitrogen and oxygen atoms in total. The number of hydrogen-bond donors (Lipinski definition) is 2. The summed E-state index contributed by atoms with van der Waals surface area (Å²) in [7, 11) is 1.56. The van der Waals surface area contributed by atoms with Crippen LogP contribution in [-0.4, -0.2) is 30.1 Å². The van der Waals surface area contributed by atoms with Crippen LogP contribution in [0.5, 0.6) is 5.75 Å². The maximum Gasteiger partial charge on any atom is 0.310 e. The van der Waals surface area contributed by atoms with Crippen LogP contribution >= 0.6 is 0 Å². The van der Waals surface area contributed by atoms with Crippen LogP contribution in [0.2, 0.25) is 0 Å². The van der Waals surface area contributed by atoms with Gasteiger partial charge >= 0.3 is 5.97 Å². The van der Waals surface area contributed by atoms with Crippen molar-refractivity contribution < 1.29 is 19.4 Å². The average Bonchev–Trinajstić information content (AvgIpc) is 2.88. The molecule has 1 amide bonds. The lowest BCUT2D eigenvalue weighted by Gasteiger charge is -2.13. The molecule has 0 spiro atoms. The lowest BCUT2D eigenvalue weighted by Crippen LogP contribution is -2.34. The second kappa shape index (κ2) is 6.23. The van der Waals surface area contributed by atoms with E-state index in [0.717, 1.165) is 5.56 Å². The molecular weight excluding hydrogens is 258 g/mol. The van der Waals surface area contributed by atoms with Gasteiger partial charge in [0.05, 0.1) is 19.4 Å². The number of carboxylic acids is 1. The van der Waals surface area contributed by atoms with Gasteiger partial charge in [-0.15, -0.1) is 0 Å². The Morgan fingerprint density at radius 1 is 1.35 bits per heavy atom. The van der Waals surface area contributed by atoms with E-state index in [1.165, 1.54) is 0 Å². The molecule has 0 bridgehead atoms. The Morgan fingerprint density at radius 2 is 2.10 bits per heavy atom. The predicted octanol–water partition coefficient (Wildman–Crippen LogP) is 1.38. The van der Waals surface area contributed by atoms with Crippen molar-refractivity contribution in [2.24, 2.45) is 5.92 Å². The number of ether oxygens (including phenoxy) is 1. The zero-order chi connectivity index (χ0) is 14.5. The molecule has 20 heavy (non-hydrogen) atoms. The minimum absolute atomic E-state index is 0.143. The first-order chi connectivity index (χ1) is 9.60. The van der Waals surface area contributed by atoms with Gasteiger partial charge in [-0.3, -0.25) is 9.59 Å². The van der Waals surface area contributed by atoms with Gasteiger partial charge in [-0.25, -0.2) is 0 Å². The van der Waals surface area contributed by atoms with E-state index in [1.54, 1.807) is 25.3 Å². The van der Waals surface area contributed by atoms with Crippen LogP contribution in [0, 0.1) is 5.92 Å². The van der Waals surface area contributed by atoms with E-state index in [9.17, 15) is 9.59 Å². The number of para-hydroxylation sites is 1. The summed E-state index contributed by atoms with van der Waals surface area (Å²) in [4.78, 5) is 22.8. The van der Waals surface area contributed by atoms with E-state index in [-0.39, 0.29) is 18.4 Å². The molecule has 106 valence electrons. The summed E-state index contributed by atoms with van der Waals surface area (Å²) in [5.41, 5.74) is 0.810. The minimum Gasteiger partial charge on any atom is -0.496 e. The fraction of sp³-hybridized carbons (Fsp3) is 0.333. The van der Waals surface area contributed by atoms with Crippen molar-refractivity contribution in [2.75, 3.05) is 7.11 Å². The van der Waals surface area contributed by atoms with Crippen LogP contribution in [-0.2, 0) is 16.0 Å². The standard InChI is InChI=1S/C15H17NO4/c1-20-13-5-3-2-4-10(13)9-14(17)16-12-7-6-11(8-12)15(18)19/h2-7,11-12H,8-9H2,1H3,(H,16,17)(H,18,19). The summed E-state index contributed by atoms with van der Waals surface area (Å²) >= 11 is 0. The summed E-state index contributed by atoms with van der Waals surface area (Å²) in [6.45, 7) is 0. The highest BCUT2D eigenvalue weighted by Gasteiger charge is 2.25. The number of amides is 1. The van der Waals surface area contributed by atoms with Gasteiger partial charge in [0.2, 0.25) is 5.91 Å². The fourth-order valence-corrected chi connectivity index (χ4v) is 2.27. The first-order valence-electron chi connectivity index (χ1n) is 6.42. The van der Waals surface area contributed by atoms with Crippen LogP contribution in [0.25, 0.3) is 0 Å². The van der Waals surface area contributed by atoms with Gasteiger partial charge in [0.15, 0.2) is 0 Å². The Balaban J connectivity index is 1.91. The zero-order valence-corrected chi connectivity index (χ0v) is 11.2. The third-order valence-electron chi connectivity index (χ3n) is 3.29. The molecule has 5 heteroatoms. The quantitative estimate of drug-likeness (QED) is 0.796. The number of methoxy groups -OCH3 is 1. The molecule has 2 atom stereocenters. The Hall–Kier alpha value is -2.30. The molecule has 0 fully saturated rings. The molecule has 2 unspecified atom stereocenters. The molecule has 0 aromatic heterocycles. The zero-order valence-electron chi connectivity index (χ0n) is 11.2. The molecule has 2 N–H and O–H groups in total. The monoisotopic (exact) mass is 275 g/mol. The lowest BCUT2D eigenvalue weighted by atomic mass is 10.1. The third-order valence-corrected chi connectivity index (χ3v) is 3.29. The van der Waals surface area contributed by atoms with Gasteiger partial charge < -0.3 is 15.2 Å². The highest BCUT2D eigenvalue weighted by molar-refractivity contribution is 5.80. The SMILES string of the molecule is COc1ccccc1CC(=O)NC1C=CC(C(=O)O)C1. The molecule has 1 aromatic rings. The number of carbonyl (C=O) groups is 2. The van der Waals surface area contributed by atoms with Gasteiger partial charge in [0.25, 0.3) is 0 Å². The van der Waals surface area contributed by atoms with Crippen molar-refractivity contribution in [3.63, 3.8) is 0 Å². The van der Waals surface area contributed by atoms with E-state index in [2.05, 4.69) is 5.32 Å². The van der Waals surface area contributed by atoms with E-state index in [0.29, 0.717) is 12.2 Å². The van der Waals surface area contributed by atoms with E-state index < -0.39 is 11.9 Å². The number of carboxylic acid groups (broad SMARTS) is 1. The smallest absolute Gasteiger partial charge is 0.310 e. The third kappa shape index (κ3) is 3.38. The Labute approximate surface area is 117 Å². The Bertz CT molecular complexity index is 538. The molecule has 2 rings (SSSR count). The highest BCUT2D eigenvalue weighted by Crippen LogP contribution is 2.20. The normalized spacial score (nSPS) is 20.6. The summed E-state index contributed by atoms with van der Waals surface area (Å²) < 4.78 is 5.19. The highest BCUT2D eigenvalue weighted by atomic mass is 16.5. The Morgan fingerprint density at radius 3 is 2.75 bits per heavy atom.